The Hall–Kier alpha value is -1.27. The van der Waals surface area contributed by atoms with Gasteiger partial charge in [0.15, 0.2) is 0 Å². The lowest BCUT2D eigenvalue weighted by Gasteiger charge is -2.07. The number of phenolic OH excluding ortho intramolecular Hbond substituents is 2. The standard InChI is InChI=1S/C6H6O5S/c7-4-1-5(8)3-6(2-4)12(9,10)11/h1-3,7-8H,(H,9,10,11)/p-1. The van der Waals surface area contributed by atoms with Crippen LogP contribution in [0.15, 0.2) is 23.1 Å². The minimum absolute atomic E-state index is 0.468. The lowest BCUT2D eigenvalue weighted by Crippen LogP contribution is -1.97. The average molecular weight is 189 g/mol. The largest absolute Gasteiger partial charge is 0.744 e. The van der Waals surface area contributed by atoms with Crippen LogP contribution in [-0.2, 0) is 10.1 Å². The van der Waals surface area contributed by atoms with E-state index in [1.54, 1.807) is 0 Å². The molecule has 6 heteroatoms. The van der Waals surface area contributed by atoms with E-state index in [2.05, 4.69) is 0 Å². The van der Waals surface area contributed by atoms with Gasteiger partial charge in [-0.25, -0.2) is 8.42 Å². The zero-order chi connectivity index (χ0) is 9.35. The SMILES string of the molecule is O=S(=O)([O-])c1cc(O)cc(O)c1. The summed E-state index contributed by atoms with van der Waals surface area (Å²) in [5.74, 6) is -0.936. The van der Waals surface area contributed by atoms with E-state index in [0.29, 0.717) is 0 Å². The van der Waals surface area contributed by atoms with Crippen molar-refractivity contribution in [3.8, 4) is 11.5 Å². The molecule has 0 aliphatic rings. The van der Waals surface area contributed by atoms with E-state index in [4.69, 9.17) is 10.2 Å². The molecule has 0 saturated heterocycles. The molecule has 0 heterocycles. The van der Waals surface area contributed by atoms with Crippen LogP contribution in [0.2, 0.25) is 0 Å². The molecule has 0 amide bonds. The Kier molecular flexibility index (Phi) is 1.95. The highest BCUT2D eigenvalue weighted by Crippen LogP contribution is 2.22. The fraction of sp³-hybridized carbons (Fsp3) is 0. The second-order valence-corrected chi connectivity index (χ2v) is 3.52. The van der Waals surface area contributed by atoms with Crippen LogP contribution in [0.1, 0.15) is 0 Å². The molecule has 0 radical (unpaired) electrons. The van der Waals surface area contributed by atoms with Gasteiger partial charge in [-0.05, 0) is 12.1 Å². The van der Waals surface area contributed by atoms with Crippen LogP contribution in [0, 0.1) is 0 Å². The minimum Gasteiger partial charge on any atom is -0.744 e. The molecule has 5 nitrogen and oxygen atoms in total. The molecule has 0 saturated carbocycles. The summed E-state index contributed by atoms with van der Waals surface area (Å²) in [6.07, 6.45) is 0. The molecule has 0 fully saturated rings. The predicted molar refractivity (Wildman–Crippen MR) is 37.7 cm³/mol. The van der Waals surface area contributed by atoms with Crippen molar-refractivity contribution in [1.82, 2.24) is 0 Å². The number of aromatic hydroxyl groups is 2. The van der Waals surface area contributed by atoms with Crippen molar-refractivity contribution in [3.63, 3.8) is 0 Å². The van der Waals surface area contributed by atoms with Gasteiger partial charge >= 0.3 is 0 Å². The molecule has 0 bridgehead atoms. The molecule has 0 unspecified atom stereocenters. The molecule has 0 aromatic heterocycles. The summed E-state index contributed by atoms with van der Waals surface area (Å²) in [6, 6.07) is 2.46. The van der Waals surface area contributed by atoms with Crippen LogP contribution >= 0.6 is 0 Å². The molecule has 0 aliphatic heterocycles. The van der Waals surface area contributed by atoms with Crippen molar-refractivity contribution in [2.75, 3.05) is 0 Å². The van der Waals surface area contributed by atoms with E-state index in [9.17, 15) is 13.0 Å². The number of phenols is 2. The van der Waals surface area contributed by atoms with Gasteiger partial charge in [-0.3, -0.25) is 0 Å². The Balaban J connectivity index is 3.37. The van der Waals surface area contributed by atoms with Gasteiger partial charge < -0.3 is 14.8 Å². The van der Waals surface area contributed by atoms with Crippen LogP contribution in [0.5, 0.6) is 11.5 Å². The zero-order valence-electron chi connectivity index (χ0n) is 5.76. The van der Waals surface area contributed by atoms with E-state index in [1.807, 2.05) is 0 Å². The third-order valence-electron chi connectivity index (χ3n) is 1.16. The molecule has 0 aliphatic carbocycles. The second-order valence-electron chi connectivity index (χ2n) is 2.14. The van der Waals surface area contributed by atoms with Crippen molar-refractivity contribution in [2.45, 2.75) is 4.90 Å². The summed E-state index contributed by atoms with van der Waals surface area (Å²) in [5.41, 5.74) is 0. The van der Waals surface area contributed by atoms with Gasteiger partial charge in [0.2, 0.25) is 0 Å². The maximum absolute atomic E-state index is 10.4. The van der Waals surface area contributed by atoms with Gasteiger partial charge in [-0.15, -0.1) is 0 Å². The normalized spacial score (nSPS) is 11.4. The highest BCUT2D eigenvalue weighted by atomic mass is 32.2. The molecule has 1 aromatic rings. The Labute approximate surface area is 68.6 Å². The first-order valence-electron chi connectivity index (χ1n) is 2.88. The predicted octanol–water partition coefficient (Wildman–Crippen LogP) is 0.00190. The molecule has 1 rings (SSSR count). The van der Waals surface area contributed by atoms with Crippen LogP contribution in [-0.4, -0.2) is 23.2 Å². The third-order valence-corrected chi connectivity index (χ3v) is 1.98. The summed E-state index contributed by atoms with van der Waals surface area (Å²) in [7, 11) is -4.62. The van der Waals surface area contributed by atoms with Gasteiger partial charge in [-0.2, -0.15) is 0 Å². The zero-order valence-corrected chi connectivity index (χ0v) is 6.58. The molecule has 1 aromatic carbocycles. The summed E-state index contributed by atoms with van der Waals surface area (Å²) in [5, 5.41) is 17.6. The van der Waals surface area contributed by atoms with Crippen molar-refractivity contribution in [1.29, 1.82) is 0 Å². The van der Waals surface area contributed by atoms with E-state index in [-0.39, 0.29) is 0 Å². The maximum Gasteiger partial charge on any atom is 0.124 e. The first kappa shape index (κ1) is 8.82. The topological polar surface area (TPSA) is 97.7 Å². The van der Waals surface area contributed by atoms with Crippen LogP contribution in [0.4, 0.5) is 0 Å². The quantitative estimate of drug-likeness (QED) is 0.606. The highest BCUT2D eigenvalue weighted by Gasteiger charge is 2.04. The number of benzene rings is 1. The first-order valence-corrected chi connectivity index (χ1v) is 4.29. The Bertz CT molecular complexity index is 374. The monoisotopic (exact) mass is 189 g/mol. The minimum atomic E-state index is -4.62. The highest BCUT2D eigenvalue weighted by molar-refractivity contribution is 7.85. The van der Waals surface area contributed by atoms with Crippen LogP contribution in [0.25, 0.3) is 0 Å². The number of hydrogen-bond acceptors (Lipinski definition) is 5. The Morgan fingerprint density at radius 3 is 1.83 bits per heavy atom. The summed E-state index contributed by atoms with van der Waals surface area (Å²) in [4.78, 5) is -0.653. The lowest BCUT2D eigenvalue weighted by atomic mass is 10.3. The lowest BCUT2D eigenvalue weighted by molar-refractivity contribution is 0.439. The van der Waals surface area contributed by atoms with Gasteiger partial charge in [0.1, 0.15) is 21.6 Å². The number of rotatable bonds is 1. The third kappa shape index (κ3) is 1.86. The molecule has 0 atom stereocenters. The molecule has 12 heavy (non-hydrogen) atoms. The van der Waals surface area contributed by atoms with Gasteiger partial charge in [0, 0.05) is 6.07 Å². The molecular weight excluding hydrogens is 184 g/mol. The fourth-order valence-corrected chi connectivity index (χ4v) is 1.24. The summed E-state index contributed by atoms with van der Waals surface area (Å²) in [6.45, 7) is 0. The van der Waals surface area contributed by atoms with E-state index < -0.39 is 26.5 Å². The van der Waals surface area contributed by atoms with E-state index in [0.717, 1.165) is 18.2 Å². The van der Waals surface area contributed by atoms with Crippen molar-refractivity contribution < 1.29 is 23.2 Å². The van der Waals surface area contributed by atoms with Crippen molar-refractivity contribution >= 4 is 10.1 Å². The van der Waals surface area contributed by atoms with E-state index >= 15 is 0 Å². The fourth-order valence-electron chi connectivity index (χ4n) is 0.712. The van der Waals surface area contributed by atoms with Crippen molar-refractivity contribution in [3.05, 3.63) is 18.2 Å². The van der Waals surface area contributed by atoms with Gasteiger partial charge in [-0.1, -0.05) is 0 Å². The maximum atomic E-state index is 10.4. The molecule has 0 spiro atoms. The summed E-state index contributed by atoms with van der Waals surface area (Å²) < 4.78 is 31.1. The molecule has 2 N–H and O–H groups in total. The van der Waals surface area contributed by atoms with Gasteiger partial charge in [0.05, 0.1) is 4.90 Å². The van der Waals surface area contributed by atoms with Crippen LogP contribution in [0.3, 0.4) is 0 Å². The van der Waals surface area contributed by atoms with Crippen molar-refractivity contribution in [2.24, 2.45) is 0 Å². The smallest absolute Gasteiger partial charge is 0.124 e. The second kappa shape index (κ2) is 2.65. The van der Waals surface area contributed by atoms with Crippen LogP contribution < -0.4 is 0 Å². The summed E-state index contributed by atoms with van der Waals surface area (Å²) >= 11 is 0. The van der Waals surface area contributed by atoms with E-state index in [1.165, 1.54) is 0 Å². The molecular formula is C6H5O5S-. The van der Waals surface area contributed by atoms with Gasteiger partial charge in [0.25, 0.3) is 0 Å². The average Bonchev–Trinajstić information content (AvgIpc) is 1.82. The Morgan fingerprint density at radius 1 is 1.08 bits per heavy atom. The molecule has 66 valence electrons. The Morgan fingerprint density at radius 2 is 1.50 bits per heavy atom. The first-order chi connectivity index (χ1) is 5.39. The number of hydrogen-bond donors (Lipinski definition) is 2.